The highest BCUT2D eigenvalue weighted by Gasteiger charge is 2.39. The lowest BCUT2D eigenvalue weighted by atomic mass is 9.90. The molecule has 0 aromatic heterocycles. The highest BCUT2D eigenvalue weighted by molar-refractivity contribution is 6.31. The van der Waals surface area contributed by atoms with E-state index in [4.69, 9.17) is 25.8 Å². The van der Waals surface area contributed by atoms with Crippen LogP contribution in [0.15, 0.2) is 30.3 Å². The fourth-order valence-corrected chi connectivity index (χ4v) is 4.57. The van der Waals surface area contributed by atoms with Gasteiger partial charge in [-0.25, -0.2) is 0 Å². The van der Waals surface area contributed by atoms with E-state index >= 15 is 0 Å². The normalized spacial score (nSPS) is 18.0. The van der Waals surface area contributed by atoms with E-state index in [0.29, 0.717) is 37.1 Å². The van der Waals surface area contributed by atoms with Crippen LogP contribution in [0.1, 0.15) is 42.0 Å². The number of carbonyl (C=O) groups is 1. The number of ether oxygens (including phenoxy) is 3. The molecule has 0 aliphatic carbocycles. The molecule has 2 aromatic rings. The van der Waals surface area contributed by atoms with Gasteiger partial charge >= 0.3 is 12.1 Å². The molecule has 1 aliphatic heterocycles. The van der Waals surface area contributed by atoms with Gasteiger partial charge in [-0.2, -0.15) is 13.2 Å². The molecule has 0 amide bonds. The van der Waals surface area contributed by atoms with Crippen molar-refractivity contribution in [3.8, 4) is 17.2 Å². The molecule has 0 bridgehead atoms. The van der Waals surface area contributed by atoms with Crippen molar-refractivity contribution in [2.24, 2.45) is 0 Å². The number of benzene rings is 2. The van der Waals surface area contributed by atoms with Crippen molar-refractivity contribution < 1.29 is 37.3 Å². The van der Waals surface area contributed by atoms with Gasteiger partial charge in [0.05, 0.1) is 38.0 Å². The molecule has 6 nitrogen and oxygen atoms in total. The van der Waals surface area contributed by atoms with Gasteiger partial charge in [-0.15, -0.1) is 0 Å². The van der Waals surface area contributed by atoms with Crippen LogP contribution in [0.5, 0.6) is 17.2 Å². The number of alkyl halides is 3. The lowest BCUT2D eigenvalue weighted by Gasteiger charge is -2.40. The summed E-state index contributed by atoms with van der Waals surface area (Å²) in [6.07, 6.45) is -2.89. The zero-order valence-electron chi connectivity index (χ0n) is 18.4. The Morgan fingerprint density at radius 2 is 1.79 bits per heavy atom. The minimum atomic E-state index is -4.67. The van der Waals surface area contributed by atoms with Crippen molar-refractivity contribution >= 4 is 17.6 Å². The summed E-state index contributed by atoms with van der Waals surface area (Å²) < 4.78 is 57.3. The number of rotatable bonds is 7. The fraction of sp³-hybridized carbons (Fsp3) is 0.435. The summed E-state index contributed by atoms with van der Waals surface area (Å²) >= 11 is 5.85. The van der Waals surface area contributed by atoms with Crippen LogP contribution in [0.2, 0.25) is 5.02 Å². The summed E-state index contributed by atoms with van der Waals surface area (Å²) in [7, 11) is 4.28. The molecule has 1 heterocycles. The Morgan fingerprint density at radius 3 is 2.36 bits per heavy atom. The molecule has 1 fully saturated rings. The van der Waals surface area contributed by atoms with E-state index in [-0.39, 0.29) is 17.1 Å². The number of nitrogens with zero attached hydrogens (tertiary/aromatic N) is 1. The van der Waals surface area contributed by atoms with Crippen LogP contribution in [0.4, 0.5) is 13.2 Å². The number of carboxylic acid groups (broad SMARTS) is 1. The maximum atomic E-state index is 13.7. The van der Waals surface area contributed by atoms with Gasteiger partial charge in [0, 0.05) is 5.56 Å². The van der Waals surface area contributed by atoms with Gasteiger partial charge in [0.15, 0.2) is 11.5 Å². The van der Waals surface area contributed by atoms with Gasteiger partial charge < -0.3 is 19.3 Å². The van der Waals surface area contributed by atoms with Crippen LogP contribution >= 0.6 is 11.6 Å². The van der Waals surface area contributed by atoms with E-state index in [9.17, 15) is 23.1 Å². The molecular formula is C23H25ClF3NO5. The van der Waals surface area contributed by atoms with E-state index in [0.717, 1.165) is 6.07 Å². The second-order valence-electron chi connectivity index (χ2n) is 7.65. The lowest BCUT2D eigenvalue weighted by molar-refractivity contribution is -0.145. The first-order chi connectivity index (χ1) is 15.6. The van der Waals surface area contributed by atoms with Crippen LogP contribution in [-0.2, 0) is 11.0 Å². The molecule has 1 saturated heterocycles. The molecular weight excluding hydrogens is 463 g/mol. The van der Waals surface area contributed by atoms with Crippen LogP contribution in [0.3, 0.4) is 0 Å². The van der Waals surface area contributed by atoms with Crippen molar-refractivity contribution in [1.29, 1.82) is 0 Å². The summed E-state index contributed by atoms with van der Waals surface area (Å²) in [5.41, 5.74) is -0.292. The molecule has 33 heavy (non-hydrogen) atoms. The molecule has 0 saturated carbocycles. The standard InChI is InChI=1S/C23H25ClF3NO5/c1-31-18-10-8-14(20(32-2)21(18)33-3)19(28-11-5-4-6-17(28)22(29)30)13-7-9-16(24)15(12-13)23(25,26)27/h7-10,12,17,19H,4-6,11H2,1-3H3,(H,29,30). The fourth-order valence-electron chi connectivity index (χ4n) is 4.35. The average Bonchev–Trinajstić information content (AvgIpc) is 2.79. The Bertz CT molecular complexity index is 1010. The molecule has 0 spiro atoms. The molecule has 2 aromatic carbocycles. The Morgan fingerprint density at radius 1 is 1.09 bits per heavy atom. The minimum Gasteiger partial charge on any atom is -0.493 e. The van der Waals surface area contributed by atoms with Crippen molar-refractivity contribution in [3.05, 3.63) is 52.0 Å². The van der Waals surface area contributed by atoms with Crippen molar-refractivity contribution in [3.63, 3.8) is 0 Å². The smallest absolute Gasteiger partial charge is 0.417 e. The van der Waals surface area contributed by atoms with Gasteiger partial charge in [0.1, 0.15) is 6.04 Å². The quantitative estimate of drug-likeness (QED) is 0.563. The number of aliphatic carboxylic acids is 1. The second kappa shape index (κ2) is 10.1. The number of piperidine rings is 1. The topological polar surface area (TPSA) is 68.2 Å². The predicted octanol–water partition coefficient (Wildman–Crippen LogP) is 5.41. The number of methoxy groups -OCH3 is 3. The first kappa shape index (κ1) is 25.0. The van der Waals surface area contributed by atoms with E-state index in [1.807, 2.05) is 0 Å². The zero-order valence-corrected chi connectivity index (χ0v) is 19.2. The number of likely N-dealkylation sites (tertiary alicyclic amines) is 1. The second-order valence-corrected chi connectivity index (χ2v) is 8.06. The van der Waals surface area contributed by atoms with E-state index < -0.39 is 34.8 Å². The van der Waals surface area contributed by atoms with E-state index in [2.05, 4.69) is 0 Å². The highest BCUT2D eigenvalue weighted by Crippen LogP contribution is 2.47. The number of carboxylic acids is 1. The first-order valence-electron chi connectivity index (χ1n) is 10.3. The molecule has 0 radical (unpaired) electrons. The third-order valence-corrected chi connectivity index (χ3v) is 6.13. The Balaban J connectivity index is 2.29. The predicted molar refractivity (Wildman–Crippen MR) is 116 cm³/mol. The summed E-state index contributed by atoms with van der Waals surface area (Å²) in [6, 6.07) is 5.15. The summed E-state index contributed by atoms with van der Waals surface area (Å²) in [6.45, 7) is 0.378. The summed E-state index contributed by atoms with van der Waals surface area (Å²) in [5, 5.41) is 9.44. The maximum absolute atomic E-state index is 13.7. The maximum Gasteiger partial charge on any atom is 0.417 e. The van der Waals surface area contributed by atoms with Crippen LogP contribution in [0, 0.1) is 0 Å². The van der Waals surface area contributed by atoms with Crippen LogP contribution < -0.4 is 14.2 Å². The zero-order chi connectivity index (χ0) is 24.3. The molecule has 2 unspecified atom stereocenters. The van der Waals surface area contributed by atoms with E-state index in [1.54, 1.807) is 17.0 Å². The first-order valence-corrected chi connectivity index (χ1v) is 10.7. The van der Waals surface area contributed by atoms with E-state index in [1.165, 1.54) is 33.5 Å². The summed E-state index contributed by atoms with van der Waals surface area (Å²) in [4.78, 5) is 13.8. The SMILES string of the molecule is COc1ccc(C(c2ccc(Cl)c(C(F)(F)F)c2)N2CCCCC2C(=O)O)c(OC)c1OC. The lowest BCUT2D eigenvalue weighted by Crippen LogP contribution is -2.47. The minimum absolute atomic E-state index is 0.241. The Labute approximate surface area is 194 Å². The third-order valence-electron chi connectivity index (χ3n) is 5.80. The van der Waals surface area contributed by atoms with Gasteiger partial charge in [-0.1, -0.05) is 24.1 Å². The van der Waals surface area contributed by atoms with Crippen molar-refractivity contribution in [2.45, 2.75) is 37.5 Å². The summed E-state index contributed by atoms with van der Waals surface area (Å²) in [5.74, 6) is -0.155. The van der Waals surface area contributed by atoms with Gasteiger partial charge in [-0.05, 0) is 49.2 Å². The number of hydrogen-bond acceptors (Lipinski definition) is 5. The molecule has 180 valence electrons. The van der Waals surface area contributed by atoms with Gasteiger partial charge in [0.25, 0.3) is 0 Å². The van der Waals surface area contributed by atoms with Gasteiger partial charge in [0.2, 0.25) is 5.75 Å². The molecule has 3 rings (SSSR count). The van der Waals surface area contributed by atoms with Gasteiger partial charge in [-0.3, -0.25) is 9.69 Å². The Kier molecular flexibility index (Phi) is 7.64. The number of hydrogen-bond donors (Lipinski definition) is 1. The molecule has 1 aliphatic rings. The molecule has 10 heteroatoms. The highest BCUT2D eigenvalue weighted by atomic mass is 35.5. The van der Waals surface area contributed by atoms with Crippen molar-refractivity contribution in [2.75, 3.05) is 27.9 Å². The largest absolute Gasteiger partial charge is 0.493 e. The van der Waals surface area contributed by atoms with Crippen molar-refractivity contribution in [1.82, 2.24) is 4.90 Å². The number of halogens is 4. The Hall–Kier alpha value is -2.65. The average molecular weight is 488 g/mol. The third kappa shape index (κ3) is 4.99. The molecule has 2 atom stereocenters. The van der Waals surface area contributed by atoms with Crippen LogP contribution in [-0.4, -0.2) is 49.9 Å². The van der Waals surface area contributed by atoms with Crippen LogP contribution in [0.25, 0.3) is 0 Å². The monoisotopic (exact) mass is 487 g/mol. The molecule has 1 N–H and O–H groups in total.